The Hall–Kier alpha value is -2.00. The summed E-state index contributed by atoms with van der Waals surface area (Å²) in [5.74, 6) is -1.28. The highest BCUT2D eigenvalue weighted by Gasteiger charge is 2.21. The molecule has 1 fully saturated rings. The summed E-state index contributed by atoms with van der Waals surface area (Å²) < 4.78 is 31.7. The largest absolute Gasteiger partial charge is 0.370 e. The van der Waals surface area contributed by atoms with Crippen molar-refractivity contribution >= 4 is 23.4 Å². The average Bonchev–Trinajstić information content (AvgIpc) is 3.18. The number of amides is 1. The molecule has 23 heavy (non-hydrogen) atoms. The Morgan fingerprint density at radius 2 is 2.35 bits per heavy atom. The van der Waals surface area contributed by atoms with Gasteiger partial charge in [-0.25, -0.2) is 13.8 Å². The molecule has 1 aromatic carbocycles. The van der Waals surface area contributed by atoms with Gasteiger partial charge in [-0.3, -0.25) is 9.89 Å². The maximum atomic E-state index is 13.4. The lowest BCUT2D eigenvalue weighted by Crippen LogP contribution is -2.15. The summed E-state index contributed by atoms with van der Waals surface area (Å²) in [5, 5.41) is 9.61. The topological polar surface area (TPSA) is 79.9 Å². The molecule has 1 saturated heterocycles. The van der Waals surface area contributed by atoms with Crippen LogP contribution in [-0.2, 0) is 9.53 Å². The Balaban J connectivity index is 1.52. The average molecular weight is 340 g/mol. The molecule has 1 atom stereocenters. The predicted molar refractivity (Wildman–Crippen MR) is 80.0 cm³/mol. The van der Waals surface area contributed by atoms with Crippen LogP contribution in [0.1, 0.15) is 24.8 Å². The minimum absolute atomic E-state index is 0.0135. The molecule has 1 aliphatic heterocycles. The number of aromatic nitrogens is 3. The summed E-state index contributed by atoms with van der Waals surface area (Å²) in [5.41, 5.74) is -0.0629. The van der Waals surface area contributed by atoms with Gasteiger partial charge in [0.2, 0.25) is 11.1 Å². The summed E-state index contributed by atoms with van der Waals surface area (Å²) >= 11 is 1.12. The van der Waals surface area contributed by atoms with Crippen LogP contribution in [-0.4, -0.2) is 33.4 Å². The number of benzene rings is 1. The van der Waals surface area contributed by atoms with E-state index in [4.69, 9.17) is 4.74 Å². The lowest BCUT2D eigenvalue weighted by molar-refractivity contribution is -0.113. The van der Waals surface area contributed by atoms with E-state index in [1.807, 2.05) is 0 Å². The van der Waals surface area contributed by atoms with E-state index in [0.29, 0.717) is 23.7 Å². The van der Waals surface area contributed by atoms with Crippen LogP contribution in [0.2, 0.25) is 0 Å². The van der Waals surface area contributed by atoms with Crippen molar-refractivity contribution in [1.82, 2.24) is 15.2 Å². The number of H-pyrrole nitrogens is 1. The number of carbonyl (C=O) groups excluding carboxylic acids is 1. The van der Waals surface area contributed by atoms with Crippen LogP contribution >= 0.6 is 11.8 Å². The van der Waals surface area contributed by atoms with E-state index in [-0.39, 0.29) is 17.5 Å². The van der Waals surface area contributed by atoms with Crippen molar-refractivity contribution < 1.29 is 18.3 Å². The maximum absolute atomic E-state index is 13.4. The first-order valence-corrected chi connectivity index (χ1v) is 8.02. The first-order chi connectivity index (χ1) is 11.1. The zero-order chi connectivity index (χ0) is 16.2. The third kappa shape index (κ3) is 4.05. The molecule has 2 heterocycles. The van der Waals surface area contributed by atoms with Gasteiger partial charge in [0.1, 0.15) is 17.7 Å². The number of nitrogens with one attached hydrogen (secondary N) is 2. The van der Waals surface area contributed by atoms with Gasteiger partial charge in [-0.2, -0.15) is 0 Å². The molecule has 1 unspecified atom stereocenters. The normalized spacial score (nSPS) is 17.4. The number of nitrogens with zero attached hydrogens (tertiary/aromatic N) is 2. The van der Waals surface area contributed by atoms with E-state index in [1.165, 1.54) is 6.07 Å². The fourth-order valence-corrected chi connectivity index (χ4v) is 2.77. The SMILES string of the molecule is O=C(CSc1n[nH]c(C2CCCO2)n1)Nc1ccc(F)cc1F. The van der Waals surface area contributed by atoms with Gasteiger partial charge in [-0.1, -0.05) is 11.8 Å². The van der Waals surface area contributed by atoms with Gasteiger partial charge in [0.25, 0.3) is 0 Å². The van der Waals surface area contributed by atoms with E-state index < -0.39 is 17.5 Å². The van der Waals surface area contributed by atoms with Gasteiger partial charge >= 0.3 is 0 Å². The first kappa shape index (κ1) is 15.9. The summed E-state index contributed by atoms with van der Waals surface area (Å²) in [4.78, 5) is 16.1. The second kappa shape index (κ2) is 7.05. The third-order valence-electron chi connectivity index (χ3n) is 3.25. The number of halogens is 2. The number of hydrogen-bond donors (Lipinski definition) is 2. The number of anilines is 1. The first-order valence-electron chi connectivity index (χ1n) is 7.03. The van der Waals surface area contributed by atoms with E-state index in [9.17, 15) is 13.6 Å². The van der Waals surface area contributed by atoms with E-state index in [1.54, 1.807) is 0 Å². The van der Waals surface area contributed by atoms with Crippen LogP contribution in [0.4, 0.5) is 14.5 Å². The van der Waals surface area contributed by atoms with Gasteiger partial charge in [0, 0.05) is 12.7 Å². The molecule has 122 valence electrons. The van der Waals surface area contributed by atoms with Crippen molar-refractivity contribution in [3.63, 3.8) is 0 Å². The van der Waals surface area contributed by atoms with Crippen LogP contribution < -0.4 is 5.32 Å². The number of thioether (sulfide) groups is 1. The number of rotatable bonds is 5. The molecular weight excluding hydrogens is 326 g/mol. The Bertz CT molecular complexity index is 704. The summed E-state index contributed by atoms with van der Waals surface area (Å²) in [7, 11) is 0. The number of aromatic amines is 1. The van der Waals surface area contributed by atoms with Crippen molar-refractivity contribution in [3.05, 3.63) is 35.7 Å². The molecular formula is C14H14F2N4O2S. The second-order valence-electron chi connectivity index (χ2n) is 4.97. The van der Waals surface area contributed by atoms with Crippen molar-refractivity contribution in [1.29, 1.82) is 0 Å². The second-order valence-corrected chi connectivity index (χ2v) is 5.91. The minimum atomic E-state index is -0.818. The molecule has 1 aromatic heterocycles. The fourth-order valence-electron chi connectivity index (χ4n) is 2.17. The highest BCUT2D eigenvalue weighted by Crippen LogP contribution is 2.27. The highest BCUT2D eigenvalue weighted by atomic mass is 32.2. The van der Waals surface area contributed by atoms with Crippen LogP contribution in [0.5, 0.6) is 0 Å². The van der Waals surface area contributed by atoms with Crippen molar-refractivity contribution in [2.45, 2.75) is 24.1 Å². The van der Waals surface area contributed by atoms with Gasteiger partial charge in [-0.05, 0) is 25.0 Å². The molecule has 0 spiro atoms. The fraction of sp³-hybridized carbons (Fsp3) is 0.357. The molecule has 2 N–H and O–H groups in total. The maximum Gasteiger partial charge on any atom is 0.234 e. The van der Waals surface area contributed by atoms with Crippen LogP contribution in [0.25, 0.3) is 0 Å². The standard InChI is InChI=1S/C14H14F2N4O2S/c15-8-3-4-10(9(16)6-8)17-12(21)7-23-14-18-13(19-20-14)11-2-1-5-22-11/h3-4,6,11H,1-2,5,7H2,(H,17,21)(H,18,19,20). The van der Waals surface area contributed by atoms with Crippen LogP contribution in [0.3, 0.4) is 0 Å². The van der Waals surface area contributed by atoms with Gasteiger partial charge in [-0.15, -0.1) is 5.10 Å². The number of ether oxygens (including phenoxy) is 1. The minimum Gasteiger partial charge on any atom is -0.370 e. The van der Waals surface area contributed by atoms with Gasteiger partial charge in [0.15, 0.2) is 5.82 Å². The highest BCUT2D eigenvalue weighted by molar-refractivity contribution is 7.99. The number of carbonyl (C=O) groups is 1. The van der Waals surface area contributed by atoms with Crippen LogP contribution in [0, 0.1) is 11.6 Å². The quantitative estimate of drug-likeness (QED) is 0.818. The molecule has 0 radical (unpaired) electrons. The van der Waals surface area contributed by atoms with Crippen molar-refractivity contribution in [3.8, 4) is 0 Å². The monoisotopic (exact) mass is 340 g/mol. The molecule has 3 rings (SSSR count). The van der Waals surface area contributed by atoms with Crippen LogP contribution in [0.15, 0.2) is 23.4 Å². The van der Waals surface area contributed by atoms with Gasteiger partial charge < -0.3 is 10.1 Å². The lowest BCUT2D eigenvalue weighted by atomic mass is 10.2. The summed E-state index contributed by atoms with van der Waals surface area (Å²) in [6.07, 6.45) is 1.81. The Kier molecular flexibility index (Phi) is 4.87. The predicted octanol–water partition coefficient (Wildman–Crippen LogP) is 2.67. The molecule has 0 aliphatic carbocycles. The van der Waals surface area contributed by atoms with Crippen molar-refractivity contribution in [2.75, 3.05) is 17.7 Å². The molecule has 9 heteroatoms. The van der Waals surface area contributed by atoms with E-state index in [2.05, 4.69) is 20.5 Å². The van der Waals surface area contributed by atoms with Crippen molar-refractivity contribution in [2.24, 2.45) is 0 Å². The molecule has 6 nitrogen and oxygen atoms in total. The number of hydrogen-bond acceptors (Lipinski definition) is 5. The third-order valence-corrected chi connectivity index (χ3v) is 4.10. The molecule has 1 amide bonds. The Morgan fingerprint density at radius 1 is 1.48 bits per heavy atom. The Morgan fingerprint density at radius 3 is 3.09 bits per heavy atom. The Labute approximate surface area is 135 Å². The summed E-state index contributed by atoms with van der Waals surface area (Å²) in [6, 6.07) is 2.97. The summed E-state index contributed by atoms with van der Waals surface area (Å²) in [6.45, 7) is 0.708. The molecule has 2 aromatic rings. The zero-order valence-corrected chi connectivity index (χ0v) is 12.8. The smallest absolute Gasteiger partial charge is 0.234 e. The molecule has 0 saturated carbocycles. The molecule has 1 aliphatic rings. The zero-order valence-electron chi connectivity index (χ0n) is 12.0. The van der Waals surface area contributed by atoms with Gasteiger partial charge in [0.05, 0.1) is 11.4 Å². The van der Waals surface area contributed by atoms with E-state index >= 15 is 0 Å². The van der Waals surface area contributed by atoms with E-state index in [0.717, 1.165) is 30.7 Å². The molecule has 0 bridgehead atoms. The lowest BCUT2D eigenvalue weighted by Gasteiger charge is -2.05.